The fraction of sp³-hybridized carbons (Fsp3) is 0.625. The first-order valence-electron chi connectivity index (χ1n) is 7.42. The first-order chi connectivity index (χ1) is 9.28. The maximum atomic E-state index is 3.64. The van der Waals surface area contributed by atoms with E-state index in [1.807, 2.05) is 0 Å². The number of fused-ring (bicyclic) bond motifs is 1. The summed E-state index contributed by atoms with van der Waals surface area (Å²) >= 11 is 3.64. The molecule has 2 heterocycles. The highest BCUT2D eigenvalue weighted by atomic mass is 79.9. The normalized spacial score (nSPS) is 24.3. The monoisotopic (exact) mass is 322 g/mol. The minimum absolute atomic E-state index is 0.784. The lowest BCUT2D eigenvalue weighted by atomic mass is 9.98. The molecule has 1 aromatic carbocycles. The standard InChI is InChI=1S/C16H23BrN2/c1-13-5-6-16(14(10-13)11-17)19-9-8-18-7-3-2-4-15(18)12-19/h5-6,10,15H,2-4,7-9,11-12H2,1H3. The lowest BCUT2D eigenvalue weighted by Crippen LogP contribution is -2.55. The summed E-state index contributed by atoms with van der Waals surface area (Å²) in [6.07, 6.45) is 4.19. The van der Waals surface area contributed by atoms with Crippen LogP contribution in [-0.4, -0.2) is 37.1 Å². The molecule has 2 aliphatic rings. The summed E-state index contributed by atoms with van der Waals surface area (Å²) in [6.45, 7) is 7.12. The van der Waals surface area contributed by atoms with Gasteiger partial charge in [0.05, 0.1) is 0 Å². The first-order valence-corrected chi connectivity index (χ1v) is 8.54. The first kappa shape index (κ1) is 13.4. The minimum Gasteiger partial charge on any atom is -0.368 e. The molecule has 19 heavy (non-hydrogen) atoms. The highest BCUT2D eigenvalue weighted by Crippen LogP contribution is 2.29. The van der Waals surface area contributed by atoms with Crippen LogP contribution in [0.5, 0.6) is 0 Å². The fourth-order valence-electron chi connectivity index (χ4n) is 3.50. The summed E-state index contributed by atoms with van der Waals surface area (Å²) in [5, 5.41) is 0.953. The average Bonchev–Trinajstić information content (AvgIpc) is 2.46. The second-order valence-electron chi connectivity index (χ2n) is 5.90. The van der Waals surface area contributed by atoms with E-state index in [0.29, 0.717) is 0 Å². The number of piperidine rings is 1. The number of halogens is 1. The SMILES string of the molecule is Cc1ccc(N2CCN3CCCCC3C2)c(CBr)c1. The number of nitrogens with zero attached hydrogens (tertiary/aromatic N) is 2. The van der Waals surface area contributed by atoms with Crippen molar-refractivity contribution < 1.29 is 0 Å². The van der Waals surface area contributed by atoms with Crippen LogP contribution in [-0.2, 0) is 5.33 Å². The number of alkyl halides is 1. The highest BCUT2D eigenvalue weighted by molar-refractivity contribution is 9.08. The van der Waals surface area contributed by atoms with Gasteiger partial charge in [-0.25, -0.2) is 0 Å². The largest absolute Gasteiger partial charge is 0.368 e. The van der Waals surface area contributed by atoms with Crippen LogP contribution < -0.4 is 4.90 Å². The minimum atomic E-state index is 0.784. The Bertz CT molecular complexity index is 446. The van der Waals surface area contributed by atoms with Crippen molar-refractivity contribution in [2.75, 3.05) is 31.1 Å². The summed E-state index contributed by atoms with van der Waals surface area (Å²) in [7, 11) is 0. The van der Waals surface area contributed by atoms with Crippen molar-refractivity contribution >= 4 is 21.6 Å². The second kappa shape index (κ2) is 5.84. The quantitative estimate of drug-likeness (QED) is 0.768. The van der Waals surface area contributed by atoms with Crippen LogP contribution in [0.3, 0.4) is 0 Å². The van der Waals surface area contributed by atoms with Gasteiger partial charge in [-0.3, -0.25) is 4.90 Å². The molecule has 1 aromatic rings. The Balaban J connectivity index is 1.79. The molecular weight excluding hydrogens is 300 g/mol. The molecule has 1 unspecified atom stereocenters. The molecule has 0 N–H and O–H groups in total. The van der Waals surface area contributed by atoms with Crippen molar-refractivity contribution in [1.82, 2.24) is 4.90 Å². The van der Waals surface area contributed by atoms with Crippen molar-refractivity contribution in [1.29, 1.82) is 0 Å². The van der Waals surface area contributed by atoms with Crippen LogP contribution in [0.4, 0.5) is 5.69 Å². The van der Waals surface area contributed by atoms with Crippen LogP contribution in [0.15, 0.2) is 18.2 Å². The predicted molar refractivity (Wildman–Crippen MR) is 85.2 cm³/mol. The van der Waals surface area contributed by atoms with E-state index in [1.165, 1.54) is 62.3 Å². The van der Waals surface area contributed by atoms with Crippen molar-refractivity contribution in [3.63, 3.8) is 0 Å². The van der Waals surface area contributed by atoms with Crippen molar-refractivity contribution in [3.8, 4) is 0 Å². The molecule has 0 bridgehead atoms. The zero-order valence-electron chi connectivity index (χ0n) is 11.7. The summed E-state index contributed by atoms with van der Waals surface area (Å²) < 4.78 is 0. The number of aryl methyl sites for hydroxylation is 1. The van der Waals surface area contributed by atoms with Gasteiger partial charge in [0.1, 0.15) is 0 Å². The van der Waals surface area contributed by atoms with E-state index < -0.39 is 0 Å². The van der Waals surface area contributed by atoms with Crippen molar-refractivity contribution in [3.05, 3.63) is 29.3 Å². The second-order valence-corrected chi connectivity index (χ2v) is 6.46. The van der Waals surface area contributed by atoms with Crippen LogP contribution in [0.1, 0.15) is 30.4 Å². The molecule has 2 aliphatic heterocycles. The molecule has 0 spiro atoms. The van der Waals surface area contributed by atoms with E-state index in [4.69, 9.17) is 0 Å². The summed E-state index contributed by atoms with van der Waals surface area (Å²) in [6, 6.07) is 7.66. The smallest absolute Gasteiger partial charge is 0.0408 e. The van der Waals surface area contributed by atoms with Crippen molar-refractivity contribution in [2.45, 2.75) is 37.6 Å². The third-order valence-electron chi connectivity index (χ3n) is 4.56. The van der Waals surface area contributed by atoms with Crippen molar-refractivity contribution in [2.24, 2.45) is 0 Å². The molecule has 0 radical (unpaired) electrons. The third kappa shape index (κ3) is 2.82. The number of anilines is 1. The van der Waals surface area contributed by atoms with Gasteiger partial charge >= 0.3 is 0 Å². The molecule has 2 nitrogen and oxygen atoms in total. The Morgan fingerprint density at radius 3 is 2.95 bits per heavy atom. The Hall–Kier alpha value is -0.540. The Kier molecular flexibility index (Phi) is 4.13. The van der Waals surface area contributed by atoms with Gasteiger partial charge in [0.25, 0.3) is 0 Å². The van der Waals surface area contributed by atoms with E-state index in [9.17, 15) is 0 Å². The van der Waals surface area contributed by atoms with Crippen LogP contribution >= 0.6 is 15.9 Å². The lowest BCUT2D eigenvalue weighted by molar-refractivity contribution is 0.133. The molecule has 0 aliphatic carbocycles. The molecule has 2 saturated heterocycles. The highest BCUT2D eigenvalue weighted by Gasteiger charge is 2.29. The number of hydrogen-bond donors (Lipinski definition) is 0. The molecule has 0 saturated carbocycles. The molecule has 0 aromatic heterocycles. The van der Waals surface area contributed by atoms with Crippen LogP contribution in [0.25, 0.3) is 0 Å². The van der Waals surface area contributed by atoms with E-state index in [1.54, 1.807) is 0 Å². The summed E-state index contributed by atoms with van der Waals surface area (Å²) in [5.74, 6) is 0. The number of hydrogen-bond acceptors (Lipinski definition) is 2. The molecule has 2 fully saturated rings. The maximum absolute atomic E-state index is 3.64. The topological polar surface area (TPSA) is 6.48 Å². The van der Waals surface area contributed by atoms with Gasteiger partial charge in [0.15, 0.2) is 0 Å². The maximum Gasteiger partial charge on any atom is 0.0408 e. The molecule has 3 heteroatoms. The van der Waals surface area contributed by atoms with Gasteiger partial charge in [0.2, 0.25) is 0 Å². The van der Waals surface area contributed by atoms with Gasteiger partial charge in [0, 0.05) is 36.7 Å². The third-order valence-corrected chi connectivity index (χ3v) is 5.16. The van der Waals surface area contributed by atoms with Crippen LogP contribution in [0.2, 0.25) is 0 Å². The summed E-state index contributed by atoms with van der Waals surface area (Å²) in [5.41, 5.74) is 4.23. The van der Waals surface area contributed by atoms with E-state index in [2.05, 4.69) is 50.9 Å². The molecule has 1 atom stereocenters. The lowest BCUT2D eigenvalue weighted by Gasteiger charge is -2.45. The van der Waals surface area contributed by atoms with Gasteiger partial charge in [-0.15, -0.1) is 0 Å². The molecule has 0 amide bonds. The van der Waals surface area contributed by atoms with Crippen LogP contribution in [0, 0.1) is 6.92 Å². The Labute approximate surface area is 124 Å². The van der Waals surface area contributed by atoms with E-state index in [0.717, 1.165) is 11.4 Å². The van der Waals surface area contributed by atoms with Gasteiger partial charge < -0.3 is 4.90 Å². The number of rotatable bonds is 2. The van der Waals surface area contributed by atoms with E-state index >= 15 is 0 Å². The van der Waals surface area contributed by atoms with Gasteiger partial charge in [-0.05, 0) is 37.9 Å². The molecule has 104 valence electrons. The Morgan fingerprint density at radius 1 is 1.21 bits per heavy atom. The molecular formula is C16H23BrN2. The fourth-order valence-corrected chi connectivity index (χ4v) is 3.95. The van der Waals surface area contributed by atoms with Gasteiger partial charge in [-0.2, -0.15) is 0 Å². The predicted octanol–water partition coefficient (Wildman–Crippen LogP) is 3.56. The van der Waals surface area contributed by atoms with E-state index in [-0.39, 0.29) is 0 Å². The molecule has 3 rings (SSSR count). The number of piperazine rings is 1. The summed E-state index contributed by atoms with van der Waals surface area (Å²) in [4.78, 5) is 5.30. The Morgan fingerprint density at radius 2 is 2.11 bits per heavy atom. The number of benzene rings is 1. The average molecular weight is 323 g/mol. The van der Waals surface area contributed by atoms with Gasteiger partial charge in [-0.1, -0.05) is 40.0 Å². The zero-order valence-corrected chi connectivity index (χ0v) is 13.3. The zero-order chi connectivity index (χ0) is 13.2.